The highest BCUT2D eigenvalue weighted by atomic mass is 35.5. The molecule has 0 radical (unpaired) electrons. The molecular weight excluding hydrogens is 490 g/mol. The Bertz CT molecular complexity index is 1160. The number of carbonyl (C=O) groups is 1. The molecule has 0 unspecified atom stereocenters. The van der Waals surface area contributed by atoms with E-state index in [2.05, 4.69) is 30.0 Å². The van der Waals surface area contributed by atoms with E-state index >= 15 is 0 Å². The normalized spacial score (nSPS) is 13.8. The third-order valence-electron chi connectivity index (χ3n) is 5.58. The Hall–Kier alpha value is -2.29. The first-order valence-corrected chi connectivity index (χ1v) is 11.7. The molecule has 34 heavy (non-hydrogen) atoms. The standard InChI is InChI=1S/C22H25Cl2N3.C2HF3O2/c1-3-11-27(13-15-7-8-15)14-21-19-6-4-5-18(22(19)25-26(21)2)17-10-9-16(23)12-20(17)24;3-2(4,5)1(6)7/h4-6,9-10,12,15H,3,7-8,11,13-14H2,1-2H3;(H,6,7). The van der Waals surface area contributed by atoms with Crippen LogP contribution in [0.1, 0.15) is 31.9 Å². The summed E-state index contributed by atoms with van der Waals surface area (Å²) < 4.78 is 33.8. The van der Waals surface area contributed by atoms with E-state index in [1.807, 2.05) is 23.9 Å². The highest BCUT2D eigenvalue weighted by molar-refractivity contribution is 6.36. The van der Waals surface area contributed by atoms with Gasteiger partial charge in [-0.1, -0.05) is 54.4 Å². The van der Waals surface area contributed by atoms with Crippen LogP contribution in [0, 0.1) is 5.92 Å². The number of hydrogen-bond acceptors (Lipinski definition) is 3. The molecule has 1 saturated carbocycles. The molecule has 0 bridgehead atoms. The van der Waals surface area contributed by atoms with Crippen LogP contribution >= 0.6 is 23.2 Å². The van der Waals surface area contributed by atoms with Crippen LogP contribution in [0.15, 0.2) is 36.4 Å². The van der Waals surface area contributed by atoms with Crippen LogP contribution in [-0.2, 0) is 18.4 Å². The number of aliphatic carboxylic acids is 1. The number of hydrogen-bond donors (Lipinski definition) is 1. The first-order chi connectivity index (χ1) is 16.0. The lowest BCUT2D eigenvalue weighted by Gasteiger charge is -2.21. The Morgan fingerprint density at radius 1 is 1.21 bits per heavy atom. The zero-order chi connectivity index (χ0) is 25.0. The van der Waals surface area contributed by atoms with E-state index in [-0.39, 0.29) is 0 Å². The number of rotatable bonds is 7. The van der Waals surface area contributed by atoms with Crippen molar-refractivity contribution in [3.8, 4) is 11.1 Å². The van der Waals surface area contributed by atoms with Gasteiger partial charge in [0.2, 0.25) is 0 Å². The molecular formula is C24H26Cl2F3N3O2. The van der Waals surface area contributed by atoms with E-state index in [1.54, 1.807) is 6.07 Å². The van der Waals surface area contributed by atoms with Crippen molar-refractivity contribution >= 4 is 40.1 Å². The fourth-order valence-corrected chi connectivity index (χ4v) is 4.32. The lowest BCUT2D eigenvalue weighted by atomic mass is 10.0. The third-order valence-corrected chi connectivity index (χ3v) is 6.13. The van der Waals surface area contributed by atoms with E-state index in [0.717, 1.165) is 35.7 Å². The Balaban J connectivity index is 0.000000406. The number of alkyl halides is 3. The predicted octanol–water partition coefficient (Wildman–Crippen LogP) is 6.80. The Morgan fingerprint density at radius 2 is 1.88 bits per heavy atom. The summed E-state index contributed by atoms with van der Waals surface area (Å²) in [6, 6.07) is 12.0. The number of benzene rings is 2. The number of aryl methyl sites for hydroxylation is 1. The zero-order valence-electron chi connectivity index (χ0n) is 18.9. The molecule has 10 heteroatoms. The first kappa shape index (κ1) is 26.3. The van der Waals surface area contributed by atoms with Gasteiger partial charge in [-0.2, -0.15) is 18.3 Å². The van der Waals surface area contributed by atoms with E-state index in [0.29, 0.717) is 10.0 Å². The topological polar surface area (TPSA) is 58.4 Å². The molecule has 0 saturated heterocycles. The van der Waals surface area contributed by atoms with Gasteiger partial charge in [0.05, 0.1) is 5.69 Å². The van der Waals surface area contributed by atoms with Crippen LogP contribution in [-0.4, -0.2) is 45.0 Å². The maximum Gasteiger partial charge on any atom is 0.490 e. The minimum Gasteiger partial charge on any atom is -0.475 e. The summed E-state index contributed by atoms with van der Waals surface area (Å²) in [6.07, 6.45) is -1.15. The Labute approximate surface area is 206 Å². The highest BCUT2D eigenvalue weighted by Gasteiger charge is 2.38. The summed E-state index contributed by atoms with van der Waals surface area (Å²) in [5.74, 6) is -1.87. The molecule has 1 aliphatic carbocycles. The van der Waals surface area contributed by atoms with Gasteiger partial charge in [0, 0.05) is 46.7 Å². The van der Waals surface area contributed by atoms with Gasteiger partial charge in [-0.05, 0) is 43.9 Å². The summed E-state index contributed by atoms with van der Waals surface area (Å²) in [7, 11) is 2.05. The minimum absolute atomic E-state index is 0.646. The van der Waals surface area contributed by atoms with Gasteiger partial charge in [-0.3, -0.25) is 9.58 Å². The van der Waals surface area contributed by atoms with Crippen LogP contribution < -0.4 is 0 Å². The van der Waals surface area contributed by atoms with Crippen molar-refractivity contribution in [2.45, 2.75) is 38.9 Å². The van der Waals surface area contributed by atoms with Crippen molar-refractivity contribution in [3.63, 3.8) is 0 Å². The molecule has 1 aliphatic rings. The average Bonchev–Trinajstić information content (AvgIpc) is 3.50. The lowest BCUT2D eigenvalue weighted by Crippen LogP contribution is -2.27. The third kappa shape index (κ3) is 6.64. The largest absolute Gasteiger partial charge is 0.490 e. The van der Waals surface area contributed by atoms with Crippen molar-refractivity contribution in [1.82, 2.24) is 14.7 Å². The fraction of sp³-hybridized carbons (Fsp3) is 0.417. The number of nitrogens with zero attached hydrogens (tertiary/aromatic N) is 3. The Morgan fingerprint density at radius 3 is 2.44 bits per heavy atom. The molecule has 184 valence electrons. The van der Waals surface area contributed by atoms with Crippen molar-refractivity contribution < 1.29 is 23.1 Å². The van der Waals surface area contributed by atoms with Crippen LogP contribution in [0.4, 0.5) is 13.2 Å². The number of fused-ring (bicyclic) bond motifs is 1. The molecule has 0 aliphatic heterocycles. The number of carboxylic acids is 1. The highest BCUT2D eigenvalue weighted by Crippen LogP contribution is 2.36. The van der Waals surface area contributed by atoms with Crippen molar-refractivity contribution in [3.05, 3.63) is 52.1 Å². The molecule has 1 aromatic heterocycles. The molecule has 1 heterocycles. The van der Waals surface area contributed by atoms with Crippen LogP contribution in [0.25, 0.3) is 22.0 Å². The molecule has 3 aromatic rings. The molecule has 4 rings (SSSR count). The van der Waals surface area contributed by atoms with E-state index in [9.17, 15) is 13.2 Å². The average molecular weight is 516 g/mol. The number of halogens is 5. The molecule has 0 atom stereocenters. The molecule has 2 aromatic carbocycles. The van der Waals surface area contributed by atoms with E-state index in [4.69, 9.17) is 38.2 Å². The molecule has 5 nitrogen and oxygen atoms in total. The summed E-state index contributed by atoms with van der Waals surface area (Å²) in [5, 5.41) is 14.5. The predicted molar refractivity (Wildman–Crippen MR) is 128 cm³/mol. The van der Waals surface area contributed by atoms with Gasteiger partial charge in [-0.25, -0.2) is 4.79 Å². The van der Waals surface area contributed by atoms with Crippen molar-refractivity contribution in [2.75, 3.05) is 13.1 Å². The fourth-order valence-electron chi connectivity index (χ4n) is 3.81. The summed E-state index contributed by atoms with van der Waals surface area (Å²) >= 11 is 12.5. The molecule has 1 fully saturated rings. The monoisotopic (exact) mass is 515 g/mol. The quantitative estimate of drug-likeness (QED) is 0.375. The first-order valence-electron chi connectivity index (χ1n) is 10.9. The smallest absolute Gasteiger partial charge is 0.475 e. The van der Waals surface area contributed by atoms with Gasteiger partial charge in [0.1, 0.15) is 5.52 Å². The van der Waals surface area contributed by atoms with E-state index < -0.39 is 12.1 Å². The van der Waals surface area contributed by atoms with Crippen LogP contribution in [0.3, 0.4) is 0 Å². The van der Waals surface area contributed by atoms with Crippen LogP contribution in [0.5, 0.6) is 0 Å². The molecule has 1 N–H and O–H groups in total. The maximum absolute atomic E-state index is 10.6. The second-order valence-electron chi connectivity index (χ2n) is 8.38. The van der Waals surface area contributed by atoms with E-state index in [1.165, 1.54) is 36.9 Å². The minimum atomic E-state index is -5.08. The van der Waals surface area contributed by atoms with Gasteiger partial charge < -0.3 is 5.11 Å². The molecule has 0 spiro atoms. The number of aromatic nitrogens is 2. The zero-order valence-corrected chi connectivity index (χ0v) is 20.4. The maximum atomic E-state index is 10.6. The summed E-state index contributed by atoms with van der Waals surface area (Å²) in [6.45, 7) is 5.52. The summed E-state index contributed by atoms with van der Waals surface area (Å²) in [4.78, 5) is 11.5. The van der Waals surface area contributed by atoms with Crippen LogP contribution in [0.2, 0.25) is 10.0 Å². The Kier molecular flexibility index (Phi) is 8.49. The number of carboxylic acid groups (broad SMARTS) is 1. The van der Waals surface area contributed by atoms with Crippen molar-refractivity contribution in [2.24, 2.45) is 13.0 Å². The van der Waals surface area contributed by atoms with Gasteiger partial charge in [0.25, 0.3) is 0 Å². The van der Waals surface area contributed by atoms with Gasteiger partial charge in [-0.15, -0.1) is 0 Å². The second kappa shape index (κ2) is 11.0. The lowest BCUT2D eigenvalue weighted by molar-refractivity contribution is -0.192. The van der Waals surface area contributed by atoms with Gasteiger partial charge >= 0.3 is 12.1 Å². The molecule has 0 amide bonds. The SMILES string of the molecule is CCCN(Cc1c2cccc(-c3ccc(Cl)cc3Cl)c2nn1C)CC1CC1.O=C(O)C(F)(F)F. The van der Waals surface area contributed by atoms with Gasteiger partial charge in [0.15, 0.2) is 0 Å². The second-order valence-corrected chi connectivity index (χ2v) is 9.22. The summed E-state index contributed by atoms with van der Waals surface area (Å²) in [5.41, 5.74) is 4.30. The van der Waals surface area contributed by atoms with Crippen molar-refractivity contribution in [1.29, 1.82) is 0 Å².